The van der Waals surface area contributed by atoms with E-state index in [0.29, 0.717) is 18.8 Å². The van der Waals surface area contributed by atoms with Crippen molar-refractivity contribution in [2.45, 2.75) is 51.1 Å². The summed E-state index contributed by atoms with van der Waals surface area (Å²) >= 11 is 2.30. The summed E-state index contributed by atoms with van der Waals surface area (Å²) in [6.07, 6.45) is 5.40. The Labute approximate surface area is 197 Å². The van der Waals surface area contributed by atoms with Crippen molar-refractivity contribution in [2.75, 3.05) is 13.1 Å². The van der Waals surface area contributed by atoms with Gasteiger partial charge < -0.3 is 19.5 Å². The van der Waals surface area contributed by atoms with Crippen LogP contribution in [0, 0.1) is 3.57 Å². The lowest BCUT2D eigenvalue weighted by molar-refractivity contribution is -0.156. The number of halogens is 1. The minimum Gasteiger partial charge on any atom is -0.459 e. The number of amides is 1. The number of aliphatic hydroxyl groups is 1. The molecule has 1 fully saturated rings. The molecule has 2 heterocycles. The van der Waals surface area contributed by atoms with E-state index in [1.54, 1.807) is 0 Å². The van der Waals surface area contributed by atoms with Crippen LogP contribution in [-0.2, 0) is 27.5 Å². The van der Waals surface area contributed by atoms with Gasteiger partial charge in [-0.05, 0) is 76.8 Å². The second-order valence-electron chi connectivity index (χ2n) is 8.11. The maximum absolute atomic E-state index is 13.1. The summed E-state index contributed by atoms with van der Waals surface area (Å²) in [6, 6.07) is 16.1. The van der Waals surface area contributed by atoms with Crippen molar-refractivity contribution in [3.05, 3.63) is 80.6 Å². The summed E-state index contributed by atoms with van der Waals surface area (Å²) in [5, 5.41) is 9.21. The molecule has 5 nitrogen and oxygen atoms in total. The molecular formula is C25H28INO4. The van der Waals surface area contributed by atoms with Crippen molar-refractivity contribution < 1.29 is 19.4 Å². The van der Waals surface area contributed by atoms with E-state index in [-0.39, 0.29) is 18.4 Å². The average molecular weight is 533 g/mol. The molecule has 0 radical (unpaired) electrons. The average Bonchev–Trinajstić information content (AvgIpc) is 2.83. The van der Waals surface area contributed by atoms with Crippen LogP contribution in [0.1, 0.15) is 48.3 Å². The molecule has 2 aromatic rings. The Bertz CT molecular complexity index is 904. The van der Waals surface area contributed by atoms with Gasteiger partial charge in [-0.25, -0.2) is 0 Å². The van der Waals surface area contributed by atoms with Crippen molar-refractivity contribution >= 4 is 28.5 Å². The molecule has 2 aromatic carbocycles. The molecule has 0 bridgehead atoms. The Morgan fingerprint density at radius 3 is 2.39 bits per heavy atom. The smallest absolute Gasteiger partial charge is 0.288 e. The Hall–Kier alpha value is -1.90. The third kappa shape index (κ3) is 5.87. The second kappa shape index (κ2) is 10.6. The fourth-order valence-electron chi connectivity index (χ4n) is 4.04. The first-order valence-corrected chi connectivity index (χ1v) is 11.9. The molecule has 164 valence electrons. The highest BCUT2D eigenvalue weighted by Crippen LogP contribution is 2.33. The van der Waals surface area contributed by atoms with Crippen LogP contribution in [0.25, 0.3) is 0 Å². The summed E-state index contributed by atoms with van der Waals surface area (Å²) in [4.78, 5) is 15.0. The number of carbonyl (C=O) groups excluding carboxylic acids is 1. The van der Waals surface area contributed by atoms with Gasteiger partial charge in [0.25, 0.3) is 5.91 Å². The van der Waals surface area contributed by atoms with Crippen LogP contribution < -0.4 is 0 Å². The summed E-state index contributed by atoms with van der Waals surface area (Å²) in [6.45, 7) is 1.99. The zero-order valence-corrected chi connectivity index (χ0v) is 19.7. The van der Waals surface area contributed by atoms with Crippen LogP contribution in [0.5, 0.6) is 0 Å². The van der Waals surface area contributed by atoms with Gasteiger partial charge >= 0.3 is 0 Å². The van der Waals surface area contributed by atoms with E-state index in [0.717, 1.165) is 42.6 Å². The maximum atomic E-state index is 13.1. The van der Waals surface area contributed by atoms with Gasteiger partial charge in [0, 0.05) is 29.0 Å². The van der Waals surface area contributed by atoms with Gasteiger partial charge in [0.05, 0.1) is 13.2 Å². The predicted molar refractivity (Wildman–Crippen MR) is 127 cm³/mol. The highest BCUT2D eigenvalue weighted by atomic mass is 127. The van der Waals surface area contributed by atoms with Gasteiger partial charge in [-0.2, -0.15) is 0 Å². The molecule has 0 unspecified atom stereocenters. The summed E-state index contributed by atoms with van der Waals surface area (Å²) in [5.74, 6) is 0.435. The van der Waals surface area contributed by atoms with Crippen LogP contribution >= 0.6 is 22.6 Å². The summed E-state index contributed by atoms with van der Waals surface area (Å²) in [5.41, 5.74) is 3.03. The van der Waals surface area contributed by atoms with Crippen molar-refractivity contribution in [2.24, 2.45) is 0 Å². The van der Waals surface area contributed by atoms with Gasteiger partial charge in [-0.15, -0.1) is 0 Å². The van der Waals surface area contributed by atoms with Crippen molar-refractivity contribution in [3.63, 3.8) is 0 Å². The second-order valence-corrected chi connectivity index (χ2v) is 9.36. The molecule has 1 amide bonds. The molecular weight excluding hydrogens is 505 g/mol. The Morgan fingerprint density at radius 1 is 1.03 bits per heavy atom. The maximum Gasteiger partial charge on any atom is 0.288 e. The number of benzene rings is 2. The molecule has 2 atom stereocenters. The lowest BCUT2D eigenvalue weighted by atomic mass is 9.93. The van der Waals surface area contributed by atoms with Gasteiger partial charge in [0.2, 0.25) is 6.29 Å². The van der Waals surface area contributed by atoms with E-state index >= 15 is 0 Å². The predicted octanol–water partition coefficient (Wildman–Crippen LogP) is 4.73. The number of rotatable bonds is 6. The van der Waals surface area contributed by atoms with Gasteiger partial charge in [-0.1, -0.05) is 36.4 Å². The molecule has 1 saturated heterocycles. The molecule has 2 aliphatic rings. The fourth-order valence-corrected chi connectivity index (χ4v) is 4.40. The molecule has 31 heavy (non-hydrogen) atoms. The zero-order valence-electron chi connectivity index (χ0n) is 17.5. The quantitative estimate of drug-likeness (QED) is 0.546. The number of piperidine rings is 1. The van der Waals surface area contributed by atoms with E-state index < -0.39 is 6.29 Å². The number of carbonyl (C=O) groups is 1. The lowest BCUT2D eigenvalue weighted by Gasteiger charge is -2.33. The summed E-state index contributed by atoms with van der Waals surface area (Å²) < 4.78 is 13.3. The van der Waals surface area contributed by atoms with E-state index in [4.69, 9.17) is 9.47 Å². The minimum atomic E-state index is -0.490. The highest BCUT2D eigenvalue weighted by Gasteiger charge is 2.31. The Balaban J connectivity index is 1.49. The normalized spacial score (nSPS) is 21.4. The van der Waals surface area contributed by atoms with Crippen LogP contribution in [0.2, 0.25) is 0 Å². The van der Waals surface area contributed by atoms with Crippen molar-refractivity contribution in [1.82, 2.24) is 4.90 Å². The Kier molecular flexibility index (Phi) is 7.63. The SMILES string of the molecule is O=C(C1=C[C@H](c2ccc(I)cc2)C[C@H](OCc2ccc(CO)cc2)O1)N1CCCCC1. The van der Waals surface area contributed by atoms with Crippen LogP contribution in [0.3, 0.4) is 0 Å². The number of hydrogen-bond acceptors (Lipinski definition) is 4. The first-order valence-electron chi connectivity index (χ1n) is 10.9. The number of nitrogens with zero attached hydrogens (tertiary/aromatic N) is 1. The first-order chi connectivity index (χ1) is 15.1. The molecule has 0 aliphatic carbocycles. The lowest BCUT2D eigenvalue weighted by Crippen LogP contribution is -2.39. The number of likely N-dealkylation sites (tertiary alicyclic amines) is 1. The topological polar surface area (TPSA) is 59.0 Å². The van der Waals surface area contributed by atoms with Crippen LogP contribution in [0.15, 0.2) is 60.4 Å². The number of hydrogen-bond donors (Lipinski definition) is 1. The van der Waals surface area contributed by atoms with Gasteiger partial charge in [0.1, 0.15) is 0 Å². The third-order valence-electron chi connectivity index (χ3n) is 5.85. The van der Waals surface area contributed by atoms with Gasteiger partial charge in [-0.3, -0.25) is 4.79 Å². The number of aliphatic hydroxyl groups excluding tert-OH is 1. The molecule has 0 aromatic heterocycles. The first kappa shape index (κ1) is 22.3. The minimum absolute atomic E-state index is 0.0251. The monoisotopic (exact) mass is 533 g/mol. The molecule has 2 aliphatic heterocycles. The standard InChI is InChI=1S/C25H28INO4/c26-22-10-8-20(9-11-22)21-14-23(25(29)27-12-2-1-3-13-27)31-24(15-21)30-17-19-6-4-18(16-28)5-7-19/h4-11,14,21,24,28H,1-3,12-13,15-17H2/t21-,24+/m0/s1. The molecule has 4 rings (SSSR count). The number of allylic oxidation sites excluding steroid dienone is 1. The van der Waals surface area contributed by atoms with Crippen molar-refractivity contribution in [3.8, 4) is 0 Å². The van der Waals surface area contributed by atoms with E-state index in [1.165, 1.54) is 9.99 Å². The zero-order chi connectivity index (χ0) is 21.6. The van der Waals surface area contributed by atoms with Crippen LogP contribution in [-0.4, -0.2) is 35.3 Å². The summed E-state index contributed by atoms with van der Waals surface area (Å²) in [7, 11) is 0. The number of ether oxygens (including phenoxy) is 2. The van der Waals surface area contributed by atoms with E-state index in [1.807, 2.05) is 35.2 Å². The van der Waals surface area contributed by atoms with Crippen molar-refractivity contribution in [1.29, 1.82) is 0 Å². The molecule has 0 spiro atoms. The van der Waals surface area contributed by atoms with Gasteiger partial charge in [0.15, 0.2) is 5.76 Å². The Morgan fingerprint density at radius 2 is 1.71 bits per heavy atom. The fraction of sp³-hybridized carbons (Fsp3) is 0.400. The molecule has 1 N–H and O–H groups in total. The highest BCUT2D eigenvalue weighted by molar-refractivity contribution is 14.1. The van der Waals surface area contributed by atoms with E-state index in [9.17, 15) is 9.90 Å². The van der Waals surface area contributed by atoms with E-state index in [2.05, 4.69) is 46.9 Å². The molecule has 0 saturated carbocycles. The van der Waals surface area contributed by atoms with Crippen LogP contribution in [0.4, 0.5) is 0 Å². The largest absolute Gasteiger partial charge is 0.459 e. The third-order valence-corrected chi connectivity index (χ3v) is 6.57. The molecule has 6 heteroatoms.